The summed E-state index contributed by atoms with van der Waals surface area (Å²) in [5.74, 6) is 0.552. The molecule has 1 heterocycles. The van der Waals surface area contributed by atoms with Crippen LogP contribution in [0.15, 0.2) is 12.7 Å². The van der Waals surface area contributed by atoms with Crippen molar-refractivity contribution in [1.29, 1.82) is 0 Å². The molecule has 0 aromatic heterocycles. The molecule has 1 saturated heterocycles. The molecule has 0 aliphatic carbocycles. The molecule has 1 unspecified atom stereocenters. The van der Waals surface area contributed by atoms with Crippen molar-refractivity contribution in [3.63, 3.8) is 0 Å². The first-order valence-electron chi connectivity index (χ1n) is 4.81. The lowest BCUT2D eigenvalue weighted by Crippen LogP contribution is -2.38. The Kier molecular flexibility index (Phi) is 3.96. The van der Waals surface area contributed by atoms with Gasteiger partial charge in [0, 0.05) is 13.1 Å². The molecule has 0 spiro atoms. The number of hydrogen-bond acceptors (Lipinski definition) is 2. The molecule has 0 saturated carbocycles. The zero-order valence-corrected chi connectivity index (χ0v) is 8.25. The Bertz CT molecular complexity index is 191. The van der Waals surface area contributed by atoms with E-state index in [1.54, 1.807) is 0 Å². The monoisotopic (exact) mass is 182 g/mol. The van der Waals surface area contributed by atoms with Gasteiger partial charge in [-0.05, 0) is 38.4 Å². The molecule has 1 amide bonds. The van der Waals surface area contributed by atoms with Crippen LogP contribution in [-0.4, -0.2) is 37.5 Å². The minimum absolute atomic E-state index is 0.0618. The Morgan fingerprint density at radius 1 is 1.77 bits per heavy atom. The molecule has 3 heteroatoms. The van der Waals surface area contributed by atoms with Crippen molar-refractivity contribution in [2.75, 3.05) is 26.7 Å². The molecule has 1 aliphatic rings. The van der Waals surface area contributed by atoms with Crippen LogP contribution in [0.4, 0.5) is 0 Å². The Balaban J connectivity index is 2.20. The van der Waals surface area contributed by atoms with E-state index in [0.717, 1.165) is 13.1 Å². The van der Waals surface area contributed by atoms with Gasteiger partial charge in [0.1, 0.15) is 0 Å². The van der Waals surface area contributed by atoms with Gasteiger partial charge in [0.2, 0.25) is 5.91 Å². The summed E-state index contributed by atoms with van der Waals surface area (Å²) in [6.07, 6.45) is 3.79. The second-order valence-electron chi connectivity index (χ2n) is 3.72. The van der Waals surface area contributed by atoms with Crippen LogP contribution in [0.3, 0.4) is 0 Å². The third kappa shape index (κ3) is 3.59. The van der Waals surface area contributed by atoms with E-state index >= 15 is 0 Å². The molecule has 1 atom stereocenters. The molecule has 13 heavy (non-hydrogen) atoms. The minimum Gasteiger partial charge on any atom is -0.352 e. The van der Waals surface area contributed by atoms with Crippen LogP contribution in [0.25, 0.3) is 0 Å². The Morgan fingerprint density at radius 3 is 3.15 bits per heavy atom. The number of nitrogens with one attached hydrogen (secondary N) is 1. The molecule has 0 aromatic rings. The number of carbonyl (C=O) groups excluding carboxylic acids is 1. The zero-order chi connectivity index (χ0) is 9.68. The summed E-state index contributed by atoms with van der Waals surface area (Å²) in [5, 5.41) is 2.84. The highest BCUT2D eigenvalue weighted by atomic mass is 16.1. The van der Waals surface area contributed by atoms with E-state index in [0.29, 0.717) is 5.92 Å². The van der Waals surface area contributed by atoms with Crippen molar-refractivity contribution in [1.82, 2.24) is 10.2 Å². The fourth-order valence-corrected chi connectivity index (χ4v) is 1.76. The fourth-order valence-electron chi connectivity index (χ4n) is 1.76. The van der Waals surface area contributed by atoms with Gasteiger partial charge in [0.25, 0.3) is 0 Å². The van der Waals surface area contributed by atoms with Gasteiger partial charge in [0.15, 0.2) is 0 Å². The topological polar surface area (TPSA) is 32.3 Å². The summed E-state index contributed by atoms with van der Waals surface area (Å²) in [7, 11) is 2.13. The lowest BCUT2D eigenvalue weighted by Gasteiger charge is -2.29. The fraction of sp³-hybridized carbons (Fsp3) is 0.700. The number of likely N-dealkylation sites (tertiary alicyclic amines) is 1. The summed E-state index contributed by atoms with van der Waals surface area (Å²) >= 11 is 0. The van der Waals surface area contributed by atoms with Crippen molar-refractivity contribution < 1.29 is 4.79 Å². The number of carbonyl (C=O) groups is 1. The van der Waals surface area contributed by atoms with Crippen molar-refractivity contribution in [3.8, 4) is 0 Å². The van der Waals surface area contributed by atoms with Gasteiger partial charge in [-0.2, -0.15) is 0 Å². The number of hydrogen-bond donors (Lipinski definition) is 1. The predicted octanol–water partition coefficient (Wildman–Crippen LogP) is 0.630. The SMILES string of the molecule is C=CC(=O)NCC1CCCN(C)C1. The van der Waals surface area contributed by atoms with Gasteiger partial charge >= 0.3 is 0 Å². The van der Waals surface area contributed by atoms with E-state index < -0.39 is 0 Å². The second-order valence-corrected chi connectivity index (χ2v) is 3.72. The molecular formula is C10H18N2O. The standard InChI is InChI=1S/C10H18N2O/c1-3-10(13)11-7-9-5-4-6-12(2)8-9/h3,9H,1,4-8H2,2H3,(H,11,13). The third-order valence-electron chi connectivity index (χ3n) is 2.47. The lowest BCUT2D eigenvalue weighted by molar-refractivity contribution is -0.116. The largest absolute Gasteiger partial charge is 0.352 e. The second kappa shape index (κ2) is 5.02. The molecule has 1 N–H and O–H groups in total. The predicted molar refractivity (Wildman–Crippen MR) is 53.4 cm³/mol. The van der Waals surface area contributed by atoms with Gasteiger partial charge < -0.3 is 10.2 Å². The summed E-state index contributed by atoms with van der Waals surface area (Å²) < 4.78 is 0. The maximum absolute atomic E-state index is 10.9. The number of nitrogens with zero attached hydrogens (tertiary/aromatic N) is 1. The summed E-state index contributed by atoms with van der Waals surface area (Å²) in [6.45, 7) is 6.48. The van der Waals surface area contributed by atoms with Crippen LogP contribution in [0.5, 0.6) is 0 Å². The van der Waals surface area contributed by atoms with E-state index in [1.807, 2.05) is 0 Å². The highest BCUT2D eigenvalue weighted by Crippen LogP contribution is 2.13. The summed E-state index contributed by atoms with van der Waals surface area (Å²) in [5.41, 5.74) is 0. The highest BCUT2D eigenvalue weighted by Gasteiger charge is 2.16. The Hall–Kier alpha value is -0.830. The van der Waals surface area contributed by atoms with Crippen LogP contribution in [0.2, 0.25) is 0 Å². The number of piperidine rings is 1. The highest BCUT2D eigenvalue weighted by molar-refractivity contribution is 5.86. The minimum atomic E-state index is -0.0618. The van der Waals surface area contributed by atoms with E-state index in [-0.39, 0.29) is 5.91 Å². The average Bonchev–Trinajstić information content (AvgIpc) is 2.14. The molecular weight excluding hydrogens is 164 g/mol. The molecule has 3 nitrogen and oxygen atoms in total. The van der Waals surface area contributed by atoms with Crippen LogP contribution in [-0.2, 0) is 4.79 Å². The summed E-state index contributed by atoms with van der Waals surface area (Å²) in [6, 6.07) is 0. The molecule has 1 aliphatic heterocycles. The van der Waals surface area contributed by atoms with Crippen LogP contribution in [0, 0.1) is 5.92 Å². The van der Waals surface area contributed by atoms with Crippen LogP contribution >= 0.6 is 0 Å². The van der Waals surface area contributed by atoms with Crippen molar-refractivity contribution >= 4 is 5.91 Å². The smallest absolute Gasteiger partial charge is 0.243 e. The van der Waals surface area contributed by atoms with Crippen molar-refractivity contribution in [3.05, 3.63) is 12.7 Å². The van der Waals surface area contributed by atoms with Crippen molar-refractivity contribution in [2.45, 2.75) is 12.8 Å². The molecule has 0 aromatic carbocycles. The average molecular weight is 182 g/mol. The maximum Gasteiger partial charge on any atom is 0.243 e. The van der Waals surface area contributed by atoms with Crippen LogP contribution in [0.1, 0.15) is 12.8 Å². The zero-order valence-electron chi connectivity index (χ0n) is 8.25. The first-order chi connectivity index (χ1) is 6.22. The first-order valence-corrected chi connectivity index (χ1v) is 4.81. The Labute approximate surface area is 79.8 Å². The van der Waals surface area contributed by atoms with Gasteiger partial charge in [-0.1, -0.05) is 6.58 Å². The molecule has 74 valence electrons. The van der Waals surface area contributed by atoms with Gasteiger partial charge in [-0.15, -0.1) is 0 Å². The van der Waals surface area contributed by atoms with Crippen molar-refractivity contribution in [2.24, 2.45) is 5.92 Å². The first kappa shape index (κ1) is 10.3. The molecule has 1 rings (SSSR count). The molecule has 0 bridgehead atoms. The van der Waals surface area contributed by atoms with Gasteiger partial charge in [-0.25, -0.2) is 0 Å². The van der Waals surface area contributed by atoms with E-state index in [2.05, 4.69) is 23.8 Å². The molecule has 0 radical (unpaired) electrons. The number of amides is 1. The van der Waals surface area contributed by atoms with E-state index in [4.69, 9.17) is 0 Å². The normalized spacial score (nSPS) is 23.9. The quantitative estimate of drug-likeness (QED) is 0.649. The van der Waals surface area contributed by atoms with Crippen LogP contribution < -0.4 is 5.32 Å². The third-order valence-corrected chi connectivity index (χ3v) is 2.47. The number of rotatable bonds is 3. The van der Waals surface area contributed by atoms with E-state index in [1.165, 1.54) is 25.5 Å². The maximum atomic E-state index is 10.9. The van der Waals surface area contributed by atoms with E-state index in [9.17, 15) is 4.79 Å². The molecule has 1 fully saturated rings. The van der Waals surface area contributed by atoms with Gasteiger partial charge in [0.05, 0.1) is 0 Å². The Morgan fingerprint density at radius 2 is 2.54 bits per heavy atom. The lowest BCUT2D eigenvalue weighted by atomic mass is 9.98. The van der Waals surface area contributed by atoms with Gasteiger partial charge in [-0.3, -0.25) is 4.79 Å². The summed E-state index contributed by atoms with van der Waals surface area (Å²) in [4.78, 5) is 13.2.